The minimum absolute atomic E-state index is 0.252. The Morgan fingerprint density at radius 2 is 1.66 bits per heavy atom. The molecule has 5 N–H and O–H groups in total. The lowest BCUT2D eigenvalue weighted by Crippen LogP contribution is -2.14. The van der Waals surface area contributed by atoms with Gasteiger partial charge in [0.25, 0.3) is 0 Å². The number of aromatic hydroxyl groups is 2. The number of hydrogen-bond acceptors (Lipinski definition) is 5. The van der Waals surface area contributed by atoms with Crippen LogP contribution in [0.25, 0.3) is 6.08 Å². The Labute approximate surface area is 167 Å². The van der Waals surface area contributed by atoms with Crippen molar-refractivity contribution in [3.05, 3.63) is 101 Å². The predicted octanol–water partition coefficient (Wildman–Crippen LogP) is 3.75. The average molecular weight is 395 g/mol. The highest BCUT2D eigenvalue weighted by atomic mass is 19.1. The second kappa shape index (κ2) is 9.36. The summed E-state index contributed by atoms with van der Waals surface area (Å²) in [5.41, 5.74) is 6.06. The third-order valence-corrected chi connectivity index (χ3v) is 4.22. The molecular formula is C22H22FN3O3. The molecule has 6 nitrogen and oxygen atoms in total. The number of phenolic OH excluding ortho intramolecular Hbond substituents is 2. The molecule has 0 aliphatic carbocycles. The molecule has 2 aromatic carbocycles. The number of nitrogens with one attached hydrogen (secondary N) is 1. The summed E-state index contributed by atoms with van der Waals surface area (Å²) in [4.78, 5) is 15.3. The Morgan fingerprint density at radius 1 is 1.10 bits per heavy atom. The molecule has 0 radical (unpaired) electrons. The summed E-state index contributed by atoms with van der Waals surface area (Å²) in [6.45, 7) is 5.96. The number of nitrogens with two attached hydrogens (primary N) is 1. The first-order valence-corrected chi connectivity index (χ1v) is 8.65. The van der Waals surface area contributed by atoms with Crippen LogP contribution in [0.5, 0.6) is 11.5 Å². The number of rotatable bonds is 4. The summed E-state index contributed by atoms with van der Waals surface area (Å²) in [6, 6.07) is 14.1. The second-order valence-electron chi connectivity index (χ2n) is 6.41. The van der Waals surface area contributed by atoms with Gasteiger partial charge in [0.15, 0.2) is 5.82 Å². The molecule has 1 unspecified atom stereocenters. The van der Waals surface area contributed by atoms with Gasteiger partial charge in [-0.15, -0.1) is 6.58 Å². The van der Waals surface area contributed by atoms with Gasteiger partial charge in [-0.25, -0.2) is 9.18 Å². The van der Waals surface area contributed by atoms with Crippen LogP contribution in [0.15, 0.2) is 78.3 Å². The first-order valence-electron chi connectivity index (χ1n) is 8.65. The van der Waals surface area contributed by atoms with Crippen molar-refractivity contribution in [3.8, 4) is 11.5 Å². The van der Waals surface area contributed by atoms with Gasteiger partial charge in [0, 0.05) is 5.41 Å². The summed E-state index contributed by atoms with van der Waals surface area (Å²) < 4.78 is 12.1. The fraction of sp³-hybridized carbons (Fsp3) is 0.0909. The number of nitrogen functional groups attached to an aromatic ring is 1. The summed E-state index contributed by atoms with van der Waals surface area (Å²) in [7, 11) is 0. The molecule has 0 spiro atoms. The first-order chi connectivity index (χ1) is 13.7. The van der Waals surface area contributed by atoms with E-state index >= 15 is 0 Å². The number of nitrogens with zero attached hydrogens (tertiary/aromatic N) is 1. The topological polar surface area (TPSA) is 112 Å². The molecule has 0 fully saturated rings. The van der Waals surface area contributed by atoms with Gasteiger partial charge >= 0.3 is 5.69 Å². The Morgan fingerprint density at radius 3 is 2.14 bits per heavy atom. The molecule has 0 aliphatic heterocycles. The maximum atomic E-state index is 12.1. The van der Waals surface area contributed by atoms with Gasteiger partial charge in [0.05, 0.1) is 6.20 Å². The number of aromatic nitrogens is 2. The van der Waals surface area contributed by atoms with Gasteiger partial charge in [0.1, 0.15) is 17.3 Å². The monoisotopic (exact) mass is 395 g/mol. The van der Waals surface area contributed by atoms with Crippen LogP contribution in [0.1, 0.15) is 18.1 Å². The van der Waals surface area contributed by atoms with Crippen LogP contribution in [0, 0.1) is 5.82 Å². The molecular weight excluding hydrogens is 373 g/mol. The quantitative estimate of drug-likeness (QED) is 0.503. The molecule has 3 aromatic rings. The molecule has 7 heteroatoms. The number of aromatic amines is 1. The molecule has 3 rings (SSSR count). The highest BCUT2D eigenvalue weighted by Crippen LogP contribution is 2.29. The van der Waals surface area contributed by atoms with Crippen LogP contribution in [-0.2, 0) is 5.41 Å². The largest absolute Gasteiger partial charge is 0.508 e. The predicted molar refractivity (Wildman–Crippen MR) is 112 cm³/mol. The zero-order valence-electron chi connectivity index (χ0n) is 15.8. The Bertz CT molecular complexity index is 1040. The van der Waals surface area contributed by atoms with Crippen molar-refractivity contribution in [2.75, 3.05) is 5.73 Å². The first kappa shape index (κ1) is 21.4. The van der Waals surface area contributed by atoms with Crippen molar-refractivity contribution in [3.63, 3.8) is 0 Å². The van der Waals surface area contributed by atoms with Crippen LogP contribution in [0.2, 0.25) is 0 Å². The van der Waals surface area contributed by atoms with Gasteiger partial charge < -0.3 is 15.9 Å². The average Bonchev–Trinajstić information content (AvgIpc) is 2.71. The number of benzene rings is 2. The smallest absolute Gasteiger partial charge is 0.346 e. The molecule has 29 heavy (non-hydrogen) atoms. The minimum atomic E-state index is -0.713. The number of hydrogen-bond donors (Lipinski definition) is 4. The van der Waals surface area contributed by atoms with Crippen molar-refractivity contribution < 1.29 is 14.6 Å². The van der Waals surface area contributed by atoms with Crippen molar-refractivity contribution in [1.82, 2.24) is 9.97 Å². The number of allylic oxidation sites excluding steroid dienone is 2. The zero-order valence-corrected chi connectivity index (χ0v) is 15.8. The van der Waals surface area contributed by atoms with E-state index in [4.69, 9.17) is 5.73 Å². The molecule has 1 aromatic heterocycles. The maximum absolute atomic E-state index is 12.1. The van der Waals surface area contributed by atoms with Crippen molar-refractivity contribution in [2.24, 2.45) is 0 Å². The van der Waals surface area contributed by atoms with E-state index in [1.54, 1.807) is 24.3 Å². The molecule has 1 heterocycles. The number of anilines is 1. The Kier molecular flexibility index (Phi) is 6.92. The lowest BCUT2D eigenvalue weighted by molar-refractivity contribution is 0.474. The third-order valence-electron chi connectivity index (χ3n) is 4.22. The van der Waals surface area contributed by atoms with E-state index in [1.165, 1.54) is 0 Å². The molecule has 0 amide bonds. The van der Waals surface area contributed by atoms with Gasteiger partial charge in [-0.05, 0) is 42.3 Å². The normalized spacial score (nSPS) is 12.6. The minimum Gasteiger partial charge on any atom is -0.508 e. The number of H-pyrrole nitrogens is 1. The van der Waals surface area contributed by atoms with Gasteiger partial charge in [-0.2, -0.15) is 4.98 Å². The fourth-order valence-electron chi connectivity index (χ4n) is 2.35. The van der Waals surface area contributed by atoms with Crippen LogP contribution in [0.4, 0.5) is 10.2 Å². The number of phenols is 2. The van der Waals surface area contributed by atoms with E-state index in [0.717, 1.165) is 17.3 Å². The standard InChI is InChI=1S/C18H18O2.C4H4FN3O/c1-3-18(2,15-6-10-17(20)11-7-15)13-12-14-4-8-16(19)9-5-14;5-2-1-7-4(9)8-3(2)6/h3-13,19-20H,1H2,2H3;1H,(H3,6,7,8,9)/b13-12-;. The third kappa shape index (κ3) is 6.07. The number of halogens is 1. The highest BCUT2D eigenvalue weighted by molar-refractivity contribution is 5.54. The van der Waals surface area contributed by atoms with E-state index in [9.17, 15) is 19.4 Å². The Hall–Kier alpha value is -3.87. The molecule has 150 valence electrons. The second-order valence-corrected chi connectivity index (χ2v) is 6.41. The van der Waals surface area contributed by atoms with Crippen LogP contribution in [-0.4, -0.2) is 20.2 Å². The van der Waals surface area contributed by atoms with Gasteiger partial charge in [-0.3, -0.25) is 4.98 Å². The lowest BCUT2D eigenvalue weighted by atomic mass is 9.82. The highest BCUT2D eigenvalue weighted by Gasteiger charge is 2.19. The summed E-state index contributed by atoms with van der Waals surface area (Å²) in [5, 5.41) is 18.6. The van der Waals surface area contributed by atoms with Gasteiger partial charge in [0.2, 0.25) is 0 Å². The molecule has 0 saturated carbocycles. The zero-order chi connectivity index (χ0) is 21.4. The van der Waals surface area contributed by atoms with E-state index in [1.807, 2.05) is 41.4 Å². The van der Waals surface area contributed by atoms with Crippen LogP contribution < -0.4 is 11.4 Å². The van der Waals surface area contributed by atoms with E-state index < -0.39 is 11.5 Å². The summed E-state index contributed by atoms with van der Waals surface area (Å²) in [6.07, 6.45) is 6.69. The van der Waals surface area contributed by atoms with Gasteiger partial charge in [-0.1, -0.05) is 42.5 Å². The molecule has 1 atom stereocenters. The van der Waals surface area contributed by atoms with Crippen LogP contribution in [0.3, 0.4) is 0 Å². The molecule has 0 saturated heterocycles. The molecule has 0 aliphatic rings. The van der Waals surface area contributed by atoms with E-state index in [2.05, 4.69) is 24.6 Å². The lowest BCUT2D eigenvalue weighted by Gasteiger charge is -2.22. The molecule has 0 bridgehead atoms. The van der Waals surface area contributed by atoms with Crippen LogP contribution >= 0.6 is 0 Å². The summed E-state index contributed by atoms with van der Waals surface area (Å²) in [5.74, 6) is -0.487. The SMILES string of the molecule is C=CC(C)(/C=C\c1ccc(O)cc1)c1ccc(O)cc1.Nc1[nH]c(=O)ncc1F. The van der Waals surface area contributed by atoms with Crippen molar-refractivity contribution in [1.29, 1.82) is 0 Å². The fourth-order valence-corrected chi connectivity index (χ4v) is 2.35. The van der Waals surface area contributed by atoms with Crippen molar-refractivity contribution in [2.45, 2.75) is 12.3 Å². The Balaban J connectivity index is 0.000000278. The van der Waals surface area contributed by atoms with Crippen molar-refractivity contribution >= 4 is 11.9 Å². The van der Waals surface area contributed by atoms with E-state index in [-0.39, 0.29) is 22.7 Å². The maximum Gasteiger partial charge on any atom is 0.346 e. The van der Waals surface area contributed by atoms with E-state index in [0.29, 0.717) is 0 Å². The summed E-state index contributed by atoms with van der Waals surface area (Å²) >= 11 is 0.